The summed E-state index contributed by atoms with van der Waals surface area (Å²) in [6, 6.07) is 7.94. The van der Waals surface area contributed by atoms with Gasteiger partial charge in [0.25, 0.3) is 0 Å². The first-order chi connectivity index (χ1) is 10.1. The van der Waals surface area contributed by atoms with Gasteiger partial charge in [-0.1, -0.05) is 37.6 Å². The number of halogens is 1. The molecule has 0 aromatic heterocycles. The smallest absolute Gasteiger partial charge is 0.230 e. The monoisotopic (exact) mass is 308 g/mol. The number of carbonyl (C=O) groups is 1. The van der Waals surface area contributed by atoms with Crippen molar-refractivity contribution in [2.24, 2.45) is 0 Å². The zero-order valence-corrected chi connectivity index (χ0v) is 13.7. The van der Waals surface area contributed by atoms with E-state index in [-0.39, 0.29) is 11.9 Å². The van der Waals surface area contributed by atoms with Gasteiger partial charge < -0.3 is 10.6 Å². The fourth-order valence-corrected chi connectivity index (χ4v) is 3.30. The maximum Gasteiger partial charge on any atom is 0.230 e. The number of rotatable bonds is 5. The molecule has 1 aromatic rings. The van der Waals surface area contributed by atoms with Gasteiger partial charge in [0.2, 0.25) is 5.91 Å². The summed E-state index contributed by atoms with van der Waals surface area (Å²) < 4.78 is 0. The second kappa shape index (κ2) is 7.28. The van der Waals surface area contributed by atoms with Crippen LogP contribution in [-0.2, 0) is 10.2 Å². The van der Waals surface area contributed by atoms with Gasteiger partial charge in [-0.15, -0.1) is 0 Å². The van der Waals surface area contributed by atoms with E-state index in [1.807, 2.05) is 24.3 Å². The second-order valence-electron chi connectivity index (χ2n) is 5.81. The Labute approximate surface area is 132 Å². The largest absolute Gasteiger partial charge is 0.351 e. The minimum Gasteiger partial charge on any atom is -0.351 e. The molecule has 0 bridgehead atoms. The molecule has 2 N–H and O–H groups in total. The molecule has 0 aliphatic carbocycles. The molecule has 116 valence electrons. The molecule has 2 rings (SSSR count). The van der Waals surface area contributed by atoms with Crippen molar-refractivity contribution in [2.45, 2.75) is 51.0 Å². The standard InChI is InChI=1S/C17H25ClN2O/c1-3-17(4-2,13-7-9-14(18)10-8-13)16(21)20-15-6-5-11-19-12-15/h7-10,15,19H,3-6,11-12H2,1-2H3,(H,20,21)/t15-/m0/s1. The van der Waals surface area contributed by atoms with E-state index in [2.05, 4.69) is 24.5 Å². The maximum atomic E-state index is 12.9. The molecule has 1 aliphatic rings. The average Bonchev–Trinajstić information content (AvgIpc) is 2.52. The minimum atomic E-state index is -0.456. The molecule has 0 radical (unpaired) electrons. The quantitative estimate of drug-likeness (QED) is 0.876. The third-order valence-corrected chi connectivity index (χ3v) is 4.92. The summed E-state index contributed by atoms with van der Waals surface area (Å²) in [6.07, 6.45) is 3.76. The van der Waals surface area contributed by atoms with Crippen LogP contribution in [0.5, 0.6) is 0 Å². The Morgan fingerprint density at radius 1 is 1.33 bits per heavy atom. The van der Waals surface area contributed by atoms with E-state index in [1.54, 1.807) is 0 Å². The molecule has 0 saturated carbocycles. The Balaban J connectivity index is 2.19. The first-order valence-electron chi connectivity index (χ1n) is 7.90. The van der Waals surface area contributed by atoms with E-state index in [4.69, 9.17) is 11.6 Å². The van der Waals surface area contributed by atoms with Gasteiger partial charge in [0.15, 0.2) is 0 Å². The Bertz CT molecular complexity index is 462. The highest BCUT2D eigenvalue weighted by Gasteiger charge is 2.37. The molecular formula is C17H25ClN2O. The third kappa shape index (κ3) is 3.58. The van der Waals surface area contributed by atoms with Crippen molar-refractivity contribution in [3.8, 4) is 0 Å². The van der Waals surface area contributed by atoms with Crippen LogP contribution >= 0.6 is 11.6 Å². The van der Waals surface area contributed by atoms with E-state index >= 15 is 0 Å². The number of piperidine rings is 1. The number of carbonyl (C=O) groups excluding carboxylic acids is 1. The highest BCUT2D eigenvalue weighted by atomic mass is 35.5. The number of hydrogen-bond acceptors (Lipinski definition) is 2. The van der Waals surface area contributed by atoms with Gasteiger partial charge in [0.05, 0.1) is 5.41 Å². The fraction of sp³-hybridized carbons (Fsp3) is 0.588. The van der Waals surface area contributed by atoms with E-state index in [0.717, 1.165) is 44.3 Å². The third-order valence-electron chi connectivity index (χ3n) is 4.67. The summed E-state index contributed by atoms with van der Waals surface area (Å²) in [5.74, 6) is 0.142. The van der Waals surface area contributed by atoms with E-state index < -0.39 is 5.41 Å². The van der Waals surface area contributed by atoms with Crippen molar-refractivity contribution in [3.63, 3.8) is 0 Å². The van der Waals surface area contributed by atoms with Crippen LogP contribution in [0.1, 0.15) is 45.1 Å². The minimum absolute atomic E-state index is 0.142. The lowest BCUT2D eigenvalue weighted by atomic mass is 9.75. The molecule has 0 spiro atoms. The molecular weight excluding hydrogens is 284 g/mol. The molecule has 0 unspecified atom stereocenters. The lowest BCUT2D eigenvalue weighted by Gasteiger charge is -2.34. The molecule has 1 atom stereocenters. The van der Waals surface area contributed by atoms with Gasteiger partial charge in [0, 0.05) is 17.6 Å². The number of benzene rings is 1. The van der Waals surface area contributed by atoms with Crippen molar-refractivity contribution in [2.75, 3.05) is 13.1 Å². The first-order valence-corrected chi connectivity index (χ1v) is 8.28. The zero-order valence-electron chi connectivity index (χ0n) is 12.9. The van der Waals surface area contributed by atoms with Crippen LogP contribution in [-0.4, -0.2) is 25.0 Å². The predicted molar refractivity (Wildman–Crippen MR) is 87.7 cm³/mol. The Kier molecular flexibility index (Phi) is 5.65. The van der Waals surface area contributed by atoms with E-state index in [9.17, 15) is 4.79 Å². The summed E-state index contributed by atoms with van der Waals surface area (Å²) in [4.78, 5) is 12.9. The van der Waals surface area contributed by atoms with E-state index in [0.29, 0.717) is 5.02 Å². The van der Waals surface area contributed by atoms with E-state index in [1.165, 1.54) is 0 Å². The van der Waals surface area contributed by atoms with Crippen LogP contribution in [0, 0.1) is 0 Å². The van der Waals surface area contributed by atoms with Crippen molar-refractivity contribution < 1.29 is 4.79 Å². The van der Waals surface area contributed by atoms with Gasteiger partial charge in [-0.2, -0.15) is 0 Å². The van der Waals surface area contributed by atoms with Gasteiger partial charge in [-0.25, -0.2) is 0 Å². The van der Waals surface area contributed by atoms with Crippen molar-refractivity contribution >= 4 is 17.5 Å². The topological polar surface area (TPSA) is 41.1 Å². The van der Waals surface area contributed by atoms with Crippen LogP contribution in [0.3, 0.4) is 0 Å². The summed E-state index contributed by atoms with van der Waals surface area (Å²) >= 11 is 5.97. The molecule has 21 heavy (non-hydrogen) atoms. The van der Waals surface area contributed by atoms with Crippen LogP contribution in [0.4, 0.5) is 0 Å². The molecule has 3 nitrogen and oxygen atoms in total. The molecule has 4 heteroatoms. The summed E-state index contributed by atoms with van der Waals surface area (Å²) in [6.45, 7) is 6.08. The Morgan fingerprint density at radius 2 is 2.00 bits per heavy atom. The van der Waals surface area contributed by atoms with Gasteiger partial charge >= 0.3 is 0 Å². The molecule has 1 saturated heterocycles. The SMILES string of the molecule is CCC(CC)(C(=O)N[C@H]1CCCNC1)c1ccc(Cl)cc1. The van der Waals surface area contributed by atoms with Crippen molar-refractivity contribution in [3.05, 3.63) is 34.9 Å². The normalized spacial score (nSPS) is 19.3. The lowest BCUT2D eigenvalue weighted by Crippen LogP contribution is -2.52. The van der Waals surface area contributed by atoms with Gasteiger partial charge in [0.1, 0.15) is 0 Å². The zero-order chi connectivity index (χ0) is 15.3. The van der Waals surface area contributed by atoms with Crippen LogP contribution in [0.25, 0.3) is 0 Å². The maximum absolute atomic E-state index is 12.9. The highest BCUT2D eigenvalue weighted by molar-refractivity contribution is 6.30. The number of hydrogen-bond donors (Lipinski definition) is 2. The van der Waals surface area contributed by atoms with Crippen molar-refractivity contribution in [1.29, 1.82) is 0 Å². The number of amides is 1. The van der Waals surface area contributed by atoms with Crippen LogP contribution < -0.4 is 10.6 Å². The molecule has 1 fully saturated rings. The summed E-state index contributed by atoms with van der Waals surface area (Å²) in [5.41, 5.74) is 0.598. The van der Waals surface area contributed by atoms with Crippen molar-refractivity contribution in [1.82, 2.24) is 10.6 Å². The summed E-state index contributed by atoms with van der Waals surface area (Å²) in [5, 5.41) is 7.29. The molecule has 1 aliphatic heterocycles. The molecule has 1 amide bonds. The Morgan fingerprint density at radius 3 is 2.52 bits per heavy atom. The number of nitrogens with one attached hydrogen (secondary N) is 2. The second-order valence-corrected chi connectivity index (χ2v) is 6.25. The predicted octanol–water partition coefficient (Wildman–Crippen LogP) is 3.27. The molecule has 1 aromatic carbocycles. The van der Waals surface area contributed by atoms with Gasteiger partial charge in [-0.05, 0) is 49.9 Å². The van der Waals surface area contributed by atoms with Crippen LogP contribution in [0.2, 0.25) is 5.02 Å². The average molecular weight is 309 g/mol. The summed E-state index contributed by atoms with van der Waals surface area (Å²) in [7, 11) is 0. The van der Waals surface area contributed by atoms with Gasteiger partial charge in [-0.3, -0.25) is 4.79 Å². The lowest BCUT2D eigenvalue weighted by molar-refractivity contribution is -0.128. The first kappa shape index (κ1) is 16.3. The molecule has 1 heterocycles. The van der Waals surface area contributed by atoms with Crippen LogP contribution in [0.15, 0.2) is 24.3 Å². The Hall–Kier alpha value is -1.06. The highest BCUT2D eigenvalue weighted by Crippen LogP contribution is 2.33. The fourth-order valence-electron chi connectivity index (χ4n) is 3.18.